The molecule has 1 atom stereocenters. The van der Waals surface area contributed by atoms with E-state index in [-0.39, 0.29) is 30.0 Å². The van der Waals surface area contributed by atoms with Gasteiger partial charge in [0.15, 0.2) is 11.5 Å². The number of carbonyl (C=O) groups is 2. The number of halogens is 1. The molecule has 1 saturated heterocycles. The summed E-state index contributed by atoms with van der Waals surface area (Å²) in [5, 5.41) is 11.2. The minimum atomic E-state index is -0.874. The van der Waals surface area contributed by atoms with Crippen molar-refractivity contribution in [1.82, 2.24) is 4.90 Å². The Morgan fingerprint density at radius 3 is 2.43 bits per heavy atom. The summed E-state index contributed by atoms with van der Waals surface area (Å²) in [6, 6.07) is 19.0. The summed E-state index contributed by atoms with van der Waals surface area (Å²) in [6.45, 7) is 6.40. The number of ketones is 1. The van der Waals surface area contributed by atoms with Crippen molar-refractivity contribution in [2.75, 3.05) is 19.8 Å². The van der Waals surface area contributed by atoms with Gasteiger partial charge in [0.05, 0.1) is 18.2 Å². The Labute approximate surface area is 215 Å². The number of Topliss-reactive ketones (excluding diaryl/α,β-unsaturated/α-hetero) is 1. The zero-order chi connectivity index (χ0) is 26.4. The molecule has 6 nitrogen and oxygen atoms in total. The fraction of sp³-hybridized carbons (Fsp3) is 0.200. The highest BCUT2D eigenvalue weighted by Gasteiger charge is 2.46. The Hall–Kier alpha value is -4.39. The number of nitrogens with zero attached hydrogens (tertiary/aromatic N) is 1. The van der Waals surface area contributed by atoms with Gasteiger partial charge in [0.25, 0.3) is 11.7 Å². The fourth-order valence-corrected chi connectivity index (χ4v) is 4.35. The van der Waals surface area contributed by atoms with Crippen LogP contribution >= 0.6 is 0 Å². The topological polar surface area (TPSA) is 76.1 Å². The lowest BCUT2D eigenvalue weighted by molar-refractivity contribution is -0.139. The minimum absolute atomic E-state index is 0.0631. The lowest BCUT2D eigenvalue weighted by Gasteiger charge is -2.26. The molecule has 1 unspecified atom stereocenters. The van der Waals surface area contributed by atoms with Crippen LogP contribution in [0, 0.1) is 5.82 Å². The average Bonchev–Trinajstić information content (AvgIpc) is 3.17. The van der Waals surface area contributed by atoms with E-state index in [0.717, 1.165) is 5.56 Å². The number of aliphatic hydroxyl groups is 1. The van der Waals surface area contributed by atoms with Gasteiger partial charge in [-0.05, 0) is 60.9 Å². The standard InChI is InChI=1S/C30H28FNO5/c1-3-18-37-24-15-12-22(19-25(24)36-4-2)27-26(28(33)21-10-13-23(31)14-11-21)29(34)30(35)32(27)17-16-20-8-6-5-7-9-20/h3,5-15,19,27,33H,1,4,16-18H2,2H3/b28-26+. The van der Waals surface area contributed by atoms with Crippen molar-refractivity contribution in [3.05, 3.63) is 114 Å². The van der Waals surface area contributed by atoms with Gasteiger partial charge >= 0.3 is 0 Å². The largest absolute Gasteiger partial charge is 0.507 e. The molecule has 0 saturated carbocycles. The van der Waals surface area contributed by atoms with Crippen LogP contribution in [0.5, 0.6) is 11.5 Å². The zero-order valence-corrected chi connectivity index (χ0v) is 20.5. The third kappa shape index (κ3) is 5.56. The van der Waals surface area contributed by atoms with Crippen LogP contribution in [0.15, 0.2) is 91.0 Å². The lowest BCUT2D eigenvalue weighted by atomic mass is 9.94. The van der Waals surface area contributed by atoms with Crippen LogP contribution in [0.25, 0.3) is 5.76 Å². The summed E-state index contributed by atoms with van der Waals surface area (Å²) >= 11 is 0. The van der Waals surface area contributed by atoms with Crippen molar-refractivity contribution < 1.29 is 28.6 Å². The highest BCUT2D eigenvalue weighted by atomic mass is 19.1. The molecule has 1 aliphatic rings. The minimum Gasteiger partial charge on any atom is -0.507 e. The third-order valence-electron chi connectivity index (χ3n) is 6.08. The summed E-state index contributed by atoms with van der Waals surface area (Å²) in [5.41, 5.74) is 1.76. The number of carbonyl (C=O) groups excluding carboxylic acids is 2. The predicted octanol–water partition coefficient (Wildman–Crippen LogP) is 5.45. The van der Waals surface area contributed by atoms with Gasteiger partial charge in [0.2, 0.25) is 0 Å². The molecule has 1 amide bonds. The number of aliphatic hydroxyl groups excluding tert-OH is 1. The first-order chi connectivity index (χ1) is 17.9. The van der Waals surface area contributed by atoms with Gasteiger partial charge in [-0.1, -0.05) is 49.1 Å². The van der Waals surface area contributed by atoms with Crippen molar-refractivity contribution in [3.63, 3.8) is 0 Å². The lowest BCUT2D eigenvalue weighted by Crippen LogP contribution is -2.31. The molecule has 0 aromatic heterocycles. The molecule has 1 aliphatic heterocycles. The van der Waals surface area contributed by atoms with Gasteiger partial charge in [-0.2, -0.15) is 0 Å². The molecule has 4 rings (SSSR count). The second-order valence-electron chi connectivity index (χ2n) is 8.47. The molecule has 1 N–H and O–H groups in total. The first-order valence-electron chi connectivity index (χ1n) is 12.0. The van der Waals surface area contributed by atoms with Crippen LogP contribution in [0.3, 0.4) is 0 Å². The Bertz CT molecular complexity index is 1320. The van der Waals surface area contributed by atoms with Gasteiger partial charge in [-0.25, -0.2) is 4.39 Å². The van der Waals surface area contributed by atoms with E-state index in [1.807, 2.05) is 37.3 Å². The number of amides is 1. The molecule has 0 radical (unpaired) electrons. The molecule has 0 aliphatic carbocycles. The van der Waals surface area contributed by atoms with E-state index in [1.165, 1.54) is 29.2 Å². The molecule has 3 aromatic rings. The van der Waals surface area contributed by atoms with E-state index >= 15 is 0 Å². The van der Waals surface area contributed by atoms with Crippen molar-refractivity contribution in [2.45, 2.75) is 19.4 Å². The van der Waals surface area contributed by atoms with Gasteiger partial charge < -0.3 is 19.5 Å². The van der Waals surface area contributed by atoms with Crippen LogP contribution < -0.4 is 9.47 Å². The Morgan fingerprint density at radius 2 is 1.76 bits per heavy atom. The van der Waals surface area contributed by atoms with E-state index in [0.29, 0.717) is 30.1 Å². The normalized spacial score (nSPS) is 16.6. The molecular weight excluding hydrogens is 473 g/mol. The number of likely N-dealkylation sites (tertiary alicyclic amines) is 1. The van der Waals surface area contributed by atoms with Gasteiger partial charge in [0, 0.05) is 12.1 Å². The van der Waals surface area contributed by atoms with E-state index in [4.69, 9.17) is 9.47 Å². The van der Waals surface area contributed by atoms with Crippen molar-refractivity contribution in [1.29, 1.82) is 0 Å². The highest BCUT2D eigenvalue weighted by Crippen LogP contribution is 2.42. The summed E-state index contributed by atoms with van der Waals surface area (Å²) in [6.07, 6.45) is 2.13. The number of rotatable bonds is 10. The van der Waals surface area contributed by atoms with Crippen molar-refractivity contribution >= 4 is 17.4 Å². The maximum absolute atomic E-state index is 13.5. The molecule has 0 bridgehead atoms. The maximum atomic E-state index is 13.5. The second-order valence-corrected chi connectivity index (χ2v) is 8.47. The van der Waals surface area contributed by atoms with Crippen LogP contribution in [0.4, 0.5) is 4.39 Å². The quantitative estimate of drug-likeness (QED) is 0.173. The highest BCUT2D eigenvalue weighted by molar-refractivity contribution is 6.46. The number of ether oxygens (including phenoxy) is 2. The number of benzene rings is 3. The average molecular weight is 502 g/mol. The molecule has 7 heteroatoms. The molecule has 0 spiro atoms. The summed E-state index contributed by atoms with van der Waals surface area (Å²) in [4.78, 5) is 28.0. The Kier molecular flexibility index (Phi) is 8.03. The van der Waals surface area contributed by atoms with Crippen LogP contribution in [0.1, 0.15) is 29.7 Å². The Morgan fingerprint density at radius 1 is 1.03 bits per heavy atom. The van der Waals surface area contributed by atoms with Gasteiger partial charge in [-0.3, -0.25) is 9.59 Å². The molecule has 1 fully saturated rings. The SMILES string of the molecule is C=CCOc1ccc(C2/C(=C(\O)c3ccc(F)cc3)C(=O)C(=O)N2CCc2ccccc2)cc1OCC. The molecule has 3 aromatic carbocycles. The fourth-order valence-electron chi connectivity index (χ4n) is 4.35. The molecule has 37 heavy (non-hydrogen) atoms. The number of hydrogen-bond donors (Lipinski definition) is 1. The van der Waals surface area contributed by atoms with E-state index in [2.05, 4.69) is 6.58 Å². The molecule has 1 heterocycles. The first-order valence-corrected chi connectivity index (χ1v) is 12.0. The van der Waals surface area contributed by atoms with Crippen molar-refractivity contribution in [3.8, 4) is 11.5 Å². The third-order valence-corrected chi connectivity index (χ3v) is 6.08. The van der Waals surface area contributed by atoms with Crippen LogP contribution in [0.2, 0.25) is 0 Å². The van der Waals surface area contributed by atoms with Crippen molar-refractivity contribution in [2.24, 2.45) is 0 Å². The van der Waals surface area contributed by atoms with E-state index in [9.17, 15) is 19.1 Å². The smallest absolute Gasteiger partial charge is 0.295 e. The second kappa shape index (κ2) is 11.6. The molecule has 190 valence electrons. The predicted molar refractivity (Wildman–Crippen MR) is 139 cm³/mol. The summed E-state index contributed by atoms with van der Waals surface area (Å²) < 4.78 is 25.0. The zero-order valence-electron chi connectivity index (χ0n) is 20.5. The first kappa shape index (κ1) is 25.7. The summed E-state index contributed by atoms with van der Waals surface area (Å²) in [7, 11) is 0. The summed E-state index contributed by atoms with van der Waals surface area (Å²) in [5.74, 6) is -1.43. The maximum Gasteiger partial charge on any atom is 0.295 e. The van der Waals surface area contributed by atoms with E-state index in [1.54, 1.807) is 24.3 Å². The van der Waals surface area contributed by atoms with Crippen LogP contribution in [-0.2, 0) is 16.0 Å². The monoisotopic (exact) mass is 501 g/mol. The Balaban J connectivity index is 1.81. The number of hydrogen-bond acceptors (Lipinski definition) is 5. The van der Waals surface area contributed by atoms with Gasteiger partial charge in [0.1, 0.15) is 18.2 Å². The van der Waals surface area contributed by atoms with Gasteiger partial charge in [-0.15, -0.1) is 0 Å². The molecular formula is C30H28FNO5. The van der Waals surface area contributed by atoms with E-state index < -0.39 is 23.5 Å². The van der Waals surface area contributed by atoms with Crippen LogP contribution in [-0.4, -0.2) is 41.5 Å².